The van der Waals surface area contributed by atoms with Gasteiger partial charge in [0, 0.05) is 25.7 Å². The van der Waals surface area contributed by atoms with Crippen LogP contribution >= 0.6 is 23.7 Å². The summed E-state index contributed by atoms with van der Waals surface area (Å²) in [6, 6.07) is 5.25. The number of amides is 2. The van der Waals surface area contributed by atoms with Gasteiger partial charge in [0.05, 0.1) is 16.1 Å². The third kappa shape index (κ3) is 3.80. The van der Waals surface area contributed by atoms with Crippen molar-refractivity contribution in [2.45, 2.75) is 19.9 Å². The van der Waals surface area contributed by atoms with Crippen LogP contribution in [-0.2, 0) is 0 Å². The van der Waals surface area contributed by atoms with Crippen LogP contribution in [0.2, 0.25) is 0 Å². The van der Waals surface area contributed by atoms with Crippen molar-refractivity contribution in [1.29, 1.82) is 0 Å². The zero-order valence-electron chi connectivity index (χ0n) is 13.5. The second kappa shape index (κ2) is 7.83. The first-order valence-corrected chi connectivity index (χ1v) is 8.35. The van der Waals surface area contributed by atoms with E-state index in [0.29, 0.717) is 16.4 Å². The van der Waals surface area contributed by atoms with Gasteiger partial charge in [0.15, 0.2) is 5.76 Å². The second-order valence-corrected chi connectivity index (χ2v) is 6.66. The van der Waals surface area contributed by atoms with E-state index < -0.39 is 0 Å². The standard InChI is InChI=1S/C16H19N3O3S.ClH/c1-10-8-13(18-15(20)12-4-3-7-22-12)23-14(10)16(21)19-6-5-17-9-11(19)2;/h3-4,7-8,11,17H,5-6,9H2,1-2H3,(H,18,20);1H/t11-;/m1./s1. The molecule has 2 aromatic heterocycles. The second-order valence-electron chi connectivity index (χ2n) is 5.61. The van der Waals surface area contributed by atoms with Gasteiger partial charge >= 0.3 is 0 Å². The van der Waals surface area contributed by atoms with E-state index in [1.807, 2.05) is 24.8 Å². The molecule has 2 amide bonds. The maximum absolute atomic E-state index is 12.7. The number of hydrogen-bond donors (Lipinski definition) is 2. The summed E-state index contributed by atoms with van der Waals surface area (Å²) in [5.41, 5.74) is 0.875. The first kappa shape index (κ1) is 18.5. The number of hydrogen-bond acceptors (Lipinski definition) is 5. The normalized spacial score (nSPS) is 17.2. The molecule has 0 aromatic carbocycles. The third-order valence-electron chi connectivity index (χ3n) is 3.86. The van der Waals surface area contributed by atoms with Gasteiger partial charge in [-0.05, 0) is 37.6 Å². The predicted octanol–water partition coefficient (Wildman–Crippen LogP) is 2.76. The number of halogens is 1. The lowest BCUT2D eigenvalue weighted by Gasteiger charge is -2.33. The Bertz CT molecular complexity index is 714. The summed E-state index contributed by atoms with van der Waals surface area (Å²) in [5, 5.41) is 6.70. The summed E-state index contributed by atoms with van der Waals surface area (Å²) in [4.78, 5) is 27.3. The lowest BCUT2D eigenvalue weighted by atomic mass is 10.2. The van der Waals surface area contributed by atoms with Gasteiger partial charge in [0.1, 0.15) is 0 Å². The van der Waals surface area contributed by atoms with Crippen molar-refractivity contribution in [1.82, 2.24) is 10.2 Å². The third-order valence-corrected chi connectivity index (χ3v) is 5.00. The molecule has 2 N–H and O–H groups in total. The van der Waals surface area contributed by atoms with Crippen LogP contribution in [0.4, 0.5) is 5.00 Å². The van der Waals surface area contributed by atoms with Gasteiger partial charge in [-0.3, -0.25) is 9.59 Å². The minimum atomic E-state index is -0.314. The molecule has 1 atom stereocenters. The van der Waals surface area contributed by atoms with Crippen molar-refractivity contribution in [2.24, 2.45) is 0 Å². The molecule has 8 heteroatoms. The molecule has 24 heavy (non-hydrogen) atoms. The van der Waals surface area contributed by atoms with Crippen molar-refractivity contribution >= 4 is 40.6 Å². The molecule has 0 spiro atoms. The summed E-state index contributed by atoms with van der Waals surface area (Å²) in [6.45, 7) is 6.23. The number of anilines is 1. The van der Waals surface area contributed by atoms with Crippen LogP contribution in [0, 0.1) is 6.92 Å². The van der Waals surface area contributed by atoms with Crippen molar-refractivity contribution < 1.29 is 14.0 Å². The summed E-state index contributed by atoms with van der Waals surface area (Å²) in [7, 11) is 0. The van der Waals surface area contributed by atoms with Gasteiger partial charge in [-0.1, -0.05) is 0 Å². The lowest BCUT2D eigenvalue weighted by Crippen LogP contribution is -2.52. The maximum atomic E-state index is 12.7. The van der Waals surface area contributed by atoms with E-state index in [2.05, 4.69) is 10.6 Å². The smallest absolute Gasteiger partial charge is 0.291 e. The van der Waals surface area contributed by atoms with Crippen molar-refractivity contribution in [3.63, 3.8) is 0 Å². The molecule has 0 radical (unpaired) electrons. The Morgan fingerprint density at radius 2 is 2.25 bits per heavy atom. The zero-order valence-corrected chi connectivity index (χ0v) is 15.1. The quantitative estimate of drug-likeness (QED) is 0.872. The number of rotatable bonds is 3. The molecule has 2 aromatic rings. The molecule has 1 saturated heterocycles. The Kier molecular flexibility index (Phi) is 6.04. The summed E-state index contributed by atoms with van der Waals surface area (Å²) in [6.07, 6.45) is 1.45. The highest BCUT2D eigenvalue weighted by atomic mass is 35.5. The van der Waals surface area contributed by atoms with E-state index >= 15 is 0 Å². The number of piperazine rings is 1. The van der Waals surface area contributed by atoms with Crippen molar-refractivity contribution in [3.05, 3.63) is 40.7 Å². The molecule has 0 unspecified atom stereocenters. The summed E-state index contributed by atoms with van der Waals surface area (Å²) >= 11 is 1.30. The molecule has 1 aliphatic rings. The number of thiophene rings is 1. The van der Waals surface area contributed by atoms with Crippen LogP contribution in [-0.4, -0.2) is 42.4 Å². The van der Waals surface area contributed by atoms with Crippen LogP contribution in [0.15, 0.2) is 28.9 Å². The van der Waals surface area contributed by atoms with E-state index in [-0.39, 0.29) is 36.0 Å². The topological polar surface area (TPSA) is 74.6 Å². The van der Waals surface area contributed by atoms with Crippen molar-refractivity contribution in [3.8, 4) is 0 Å². The minimum Gasteiger partial charge on any atom is -0.459 e. The number of carbonyl (C=O) groups is 2. The molecule has 1 fully saturated rings. The maximum Gasteiger partial charge on any atom is 0.291 e. The van der Waals surface area contributed by atoms with Gasteiger partial charge in [0.25, 0.3) is 11.8 Å². The Labute approximate surface area is 150 Å². The molecule has 0 saturated carbocycles. The first-order chi connectivity index (χ1) is 11.1. The molecule has 3 heterocycles. The van der Waals surface area contributed by atoms with Crippen LogP contribution in [0.5, 0.6) is 0 Å². The zero-order chi connectivity index (χ0) is 16.4. The van der Waals surface area contributed by atoms with Crippen LogP contribution in [0.3, 0.4) is 0 Å². The van der Waals surface area contributed by atoms with Crippen LogP contribution < -0.4 is 10.6 Å². The number of furan rings is 1. The Balaban J connectivity index is 0.00000208. The van der Waals surface area contributed by atoms with E-state index in [1.165, 1.54) is 17.6 Å². The average molecular weight is 370 g/mol. The van der Waals surface area contributed by atoms with E-state index in [9.17, 15) is 9.59 Å². The van der Waals surface area contributed by atoms with Gasteiger partial charge < -0.3 is 20.0 Å². The molecule has 6 nitrogen and oxygen atoms in total. The molecule has 0 bridgehead atoms. The number of aryl methyl sites for hydroxylation is 1. The van der Waals surface area contributed by atoms with Crippen molar-refractivity contribution in [2.75, 3.05) is 25.0 Å². The Morgan fingerprint density at radius 3 is 2.92 bits per heavy atom. The summed E-state index contributed by atoms with van der Waals surface area (Å²) in [5.74, 6) is -0.0366. The molecule has 3 rings (SSSR count). The first-order valence-electron chi connectivity index (χ1n) is 7.53. The molecular weight excluding hydrogens is 350 g/mol. The van der Waals surface area contributed by atoms with Gasteiger partial charge in [-0.25, -0.2) is 0 Å². The fourth-order valence-corrected chi connectivity index (χ4v) is 3.63. The lowest BCUT2D eigenvalue weighted by molar-refractivity contribution is 0.0660. The highest BCUT2D eigenvalue weighted by Gasteiger charge is 2.26. The number of carbonyl (C=O) groups excluding carboxylic acids is 2. The van der Waals surface area contributed by atoms with E-state index in [4.69, 9.17) is 4.42 Å². The van der Waals surface area contributed by atoms with Crippen LogP contribution in [0.25, 0.3) is 0 Å². The largest absolute Gasteiger partial charge is 0.459 e. The average Bonchev–Trinajstić information content (AvgIpc) is 3.17. The molecule has 130 valence electrons. The fraction of sp³-hybridized carbons (Fsp3) is 0.375. The van der Waals surface area contributed by atoms with Crippen LogP contribution in [0.1, 0.15) is 32.7 Å². The minimum absolute atomic E-state index is 0. The van der Waals surface area contributed by atoms with Gasteiger partial charge in [-0.15, -0.1) is 23.7 Å². The summed E-state index contributed by atoms with van der Waals surface area (Å²) < 4.78 is 5.07. The molecular formula is C16H20ClN3O3S. The SMILES string of the molecule is Cc1cc(NC(=O)c2ccco2)sc1C(=O)N1CCNC[C@H]1C.Cl. The van der Waals surface area contributed by atoms with Gasteiger partial charge in [-0.2, -0.15) is 0 Å². The Morgan fingerprint density at radius 1 is 1.46 bits per heavy atom. The monoisotopic (exact) mass is 369 g/mol. The number of nitrogens with zero attached hydrogens (tertiary/aromatic N) is 1. The molecule has 1 aliphatic heterocycles. The fourth-order valence-electron chi connectivity index (χ4n) is 2.61. The van der Waals surface area contributed by atoms with E-state index in [1.54, 1.807) is 12.1 Å². The highest BCUT2D eigenvalue weighted by molar-refractivity contribution is 7.18. The van der Waals surface area contributed by atoms with Gasteiger partial charge in [0.2, 0.25) is 0 Å². The van der Waals surface area contributed by atoms with E-state index in [0.717, 1.165) is 18.7 Å². The highest BCUT2D eigenvalue weighted by Crippen LogP contribution is 2.29. The number of nitrogens with one attached hydrogen (secondary N) is 2. The molecule has 0 aliphatic carbocycles. The predicted molar refractivity (Wildman–Crippen MR) is 96.3 cm³/mol. The Hall–Kier alpha value is -1.83.